The van der Waals surface area contributed by atoms with E-state index in [4.69, 9.17) is 16.3 Å². The van der Waals surface area contributed by atoms with Gasteiger partial charge < -0.3 is 20.4 Å². The number of amides is 2. The molecule has 2 heterocycles. The van der Waals surface area contributed by atoms with E-state index in [2.05, 4.69) is 15.6 Å². The molecular formula is C25H19ClFN3O3. The fourth-order valence-corrected chi connectivity index (χ4v) is 4.20. The Hall–Kier alpha value is -3.84. The van der Waals surface area contributed by atoms with Crippen LogP contribution in [0, 0.1) is 5.82 Å². The highest BCUT2D eigenvalue weighted by molar-refractivity contribution is 6.30. The highest BCUT2D eigenvalue weighted by atomic mass is 35.5. The van der Waals surface area contributed by atoms with Crippen molar-refractivity contribution in [2.75, 3.05) is 17.2 Å². The lowest BCUT2D eigenvalue weighted by molar-refractivity contribution is -0.123. The van der Waals surface area contributed by atoms with Gasteiger partial charge in [0.05, 0.1) is 10.9 Å². The van der Waals surface area contributed by atoms with Crippen LogP contribution in [0.15, 0.2) is 66.9 Å². The van der Waals surface area contributed by atoms with E-state index >= 15 is 0 Å². The Kier molecular flexibility index (Phi) is 5.48. The van der Waals surface area contributed by atoms with Crippen LogP contribution in [0.25, 0.3) is 10.9 Å². The molecule has 4 aromatic rings. The van der Waals surface area contributed by atoms with E-state index in [1.165, 1.54) is 12.1 Å². The molecule has 0 saturated heterocycles. The Morgan fingerprint density at radius 3 is 2.67 bits per heavy atom. The first kappa shape index (κ1) is 21.0. The molecule has 1 unspecified atom stereocenters. The zero-order valence-corrected chi connectivity index (χ0v) is 18.1. The lowest BCUT2D eigenvalue weighted by atomic mass is 9.86. The number of anilines is 2. The third kappa shape index (κ3) is 4.40. The van der Waals surface area contributed by atoms with Gasteiger partial charge in [-0.05, 0) is 53.8 Å². The van der Waals surface area contributed by atoms with Gasteiger partial charge >= 0.3 is 6.03 Å². The fraction of sp³-hybridized carbons (Fsp3) is 0.120. The van der Waals surface area contributed by atoms with Crippen molar-refractivity contribution in [2.24, 2.45) is 0 Å². The Bertz CT molecular complexity index is 1380. The quantitative estimate of drug-likeness (QED) is 0.352. The summed E-state index contributed by atoms with van der Waals surface area (Å²) in [4.78, 5) is 28.1. The lowest BCUT2D eigenvalue weighted by Gasteiger charge is -2.25. The number of halogens is 2. The van der Waals surface area contributed by atoms with Gasteiger partial charge in [0, 0.05) is 34.7 Å². The monoisotopic (exact) mass is 463 g/mol. The SMILES string of the molecule is O=C(Nc1ccc2c(c1)OCC(=O)C2Cc1ccc(F)c(Cl)c1)Nc1ccc2cc[nH]c2c1. The smallest absolute Gasteiger partial charge is 0.323 e. The average molecular weight is 464 g/mol. The summed E-state index contributed by atoms with van der Waals surface area (Å²) in [5, 5.41) is 6.67. The molecule has 1 atom stereocenters. The summed E-state index contributed by atoms with van der Waals surface area (Å²) in [5.74, 6) is -0.480. The predicted octanol–water partition coefficient (Wildman–Crippen LogP) is 5.89. The number of carbonyl (C=O) groups excluding carboxylic acids is 2. The third-order valence-electron chi connectivity index (χ3n) is 5.64. The van der Waals surface area contributed by atoms with Crippen molar-refractivity contribution < 1.29 is 18.7 Å². The molecule has 0 aliphatic carbocycles. The molecule has 0 fully saturated rings. The number of hydrogen-bond donors (Lipinski definition) is 3. The molecule has 0 saturated carbocycles. The van der Waals surface area contributed by atoms with Crippen LogP contribution < -0.4 is 15.4 Å². The van der Waals surface area contributed by atoms with Gasteiger partial charge in [0.15, 0.2) is 5.78 Å². The van der Waals surface area contributed by atoms with Crippen molar-refractivity contribution in [3.63, 3.8) is 0 Å². The maximum absolute atomic E-state index is 13.5. The van der Waals surface area contributed by atoms with E-state index in [1.807, 2.05) is 30.5 Å². The molecule has 1 aliphatic heterocycles. The van der Waals surface area contributed by atoms with Crippen LogP contribution in [0.2, 0.25) is 5.02 Å². The molecule has 1 aliphatic rings. The molecule has 0 spiro atoms. The van der Waals surface area contributed by atoms with Crippen molar-refractivity contribution in [1.82, 2.24) is 4.98 Å². The van der Waals surface area contributed by atoms with Crippen LogP contribution >= 0.6 is 11.6 Å². The van der Waals surface area contributed by atoms with Crippen LogP contribution in [-0.4, -0.2) is 23.4 Å². The fourth-order valence-electron chi connectivity index (χ4n) is 3.99. The van der Waals surface area contributed by atoms with Gasteiger partial charge in [-0.2, -0.15) is 0 Å². The maximum atomic E-state index is 13.5. The summed E-state index contributed by atoms with van der Waals surface area (Å²) in [6, 6.07) is 16.8. The Labute approximate surface area is 193 Å². The standard InChI is InChI=1S/C25H19ClFN3O3/c26-20-10-14(1-6-21(20)27)9-19-18-5-4-17(12-24(18)33-13-23(19)31)30-25(32)29-16-3-2-15-7-8-28-22(15)11-16/h1-8,10-12,19,28H,9,13H2,(H2,29,30,32). The summed E-state index contributed by atoms with van der Waals surface area (Å²) in [5.41, 5.74) is 3.58. The lowest BCUT2D eigenvalue weighted by Crippen LogP contribution is -2.27. The first-order valence-electron chi connectivity index (χ1n) is 10.3. The molecule has 3 N–H and O–H groups in total. The summed E-state index contributed by atoms with van der Waals surface area (Å²) < 4.78 is 19.1. The number of H-pyrrole nitrogens is 1. The average Bonchev–Trinajstić information content (AvgIpc) is 3.26. The zero-order chi connectivity index (χ0) is 22.9. The second-order valence-corrected chi connectivity index (χ2v) is 8.28. The van der Waals surface area contributed by atoms with Gasteiger partial charge in [0.1, 0.15) is 18.2 Å². The second-order valence-electron chi connectivity index (χ2n) is 7.87. The maximum Gasteiger partial charge on any atom is 0.323 e. The second kappa shape index (κ2) is 8.60. The van der Waals surface area contributed by atoms with E-state index < -0.39 is 17.8 Å². The van der Waals surface area contributed by atoms with Crippen LogP contribution in [-0.2, 0) is 11.2 Å². The summed E-state index contributed by atoms with van der Waals surface area (Å²) in [6.07, 6.45) is 2.22. The van der Waals surface area contributed by atoms with Gasteiger partial charge in [-0.3, -0.25) is 4.79 Å². The number of Topliss-reactive ketones (excluding diaryl/α,β-unsaturated/α-hetero) is 1. The van der Waals surface area contributed by atoms with E-state index in [1.54, 1.807) is 24.3 Å². The summed E-state index contributed by atoms with van der Waals surface area (Å²) in [7, 11) is 0. The molecule has 8 heteroatoms. The van der Waals surface area contributed by atoms with E-state index in [-0.39, 0.29) is 17.4 Å². The van der Waals surface area contributed by atoms with Gasteiger partial charge in [-0.15, -0.1) is 0 Å². The van der Waals surface area contributed by atoms with Gasteiger partial charge in [-0.25, -0.2) is 9.18 Å². The number of ketones is 1. The van der Waals surface area contributed by atoms with E-state index in [0.29, 0.717) is 23.5 Å². The van der Waals surface area contributed by atoms with Crippen molar-refractivity contribution in [3.8, 4) is 5.75 Å². The number of ether oxygens (including phenoxy) is 1. The molecule has 33 heavy (non-hydrogen) atoms. The predicted molar refractivity (Wildman–Crippen MR) is 126 cm³/mol. The molecule has 3 aromatic carbocycles. The normalized spacial score (nSPS) is 15.1. The highest BCUT2D eigenvalue weighted by Gasteiger charge is 2.29. The van der Waals surface area contributed by atoms with Gasteiger partial charge in [-0.1, -0.05) is 29.8 Å². The molecular weight excluding hydrogens is 445 g/mol. The summed E-state index contributed by atoms with van der Waals surface area (Å²) in [6.45, 7) is -0.0710. The number of fused-ring (bicyclic) bond motifs is 2. The minimum Gasteiger partial charge on any atom is -0.485 e. The topological polar surface area (TPSA) is 83.2 Å². The Morgan fingerprint density at radius 2 is 1.85 bits per heavy atom. The number of aromatic nitrogens is 1. The van der Waals surface area contributed by atoms with Crippen molar-refractivity contribution in [2.45, 2.75) is 12.3 Å². The Balaban J connectivity index is 1.31. The van der Waals surface area contributed by atoms with Gasteiger partial charge in [0.2, 0.25) is 0 Å². The molecule has 2 amide bonds. The van der Waals surface area contributed by atoms with E-state index in [0.717, 1.165) is 22.0 Å². The van der Waals surface area contributed by atoms with Crippen LogP contribution in [0.5, 0.6) is 5.75 Å². The largest absolute Gasteiger partial charge is 0.485 e. The van der Waals surface area contributed by atoms with Crippen molar-refractivity contribution in [3.05, 3.63) is 88.8 Å². The third-order valence-corrected chi connectivity index (χ3v) is 5.93. The molecule has 1 aromatic heterocycles. The number of hydrogen-bond acceptors (Lipinski definition) is 3. The minimum absolute atomic E-state index is 0.0215. The minimum atomic E-state index is -0.499. The molecule has 0 bridgehead atoms. The first-order chi connectivity index (χ1) is 16.0. The number of nitrogens with one attached hydrogen (secondary N) is 3. The van der Waals surface area contributed by atoms with Crippen LogP contribution in [0.1, 0.15) is 17.0 Å². The number of urea groups is 1. The summed E-state index contributed by atoms with van der Waals surface area (Å²) >= 11 is 5.89. The number of benzene rings is 3. The molecule has 166 valence electrons. The van der Waals surface area contributed by atoms with Gasteiger partial charge in [0.25, 0.3) is 0 Å². The number of rotatable bonds is 4. The van der Waals surface area contributed by atoms with Crippen LogP contribution in [0.3, 0.4) is 0 Å². The molecule has 0 radical (unpaired) electrons. The number of carbonyl (C=O) groups is 2. The van der Waals surface area contributed by atoms with E-state index in [9.17, 15) is 14.0 Å². The Morgan fingerprint density at radius 1 is 1.06 bits per heavy atom. The first-order valence-corrected chi connectivity index (χ1v) is 10.7. The van der Waals surface area contributed by atoms with Crippen LogP contribution in [0.4, 0.5) is 20.6 Å². The molecule has 5 rings (SSSR count). The zero-order valence-electron chi connectivity index (χ0n) is 17.3. The van der Waals surface area contributed by atoms with Crippen molar-refractivity contribution in [1.29, 1.82) is 0 Å². The van der Waals surface area contributed by atoms with Crippen molar-refractivity contribution >= 4 is 45.7 Å². The highest BCUT2D eigenvalue weighted by Crippen LogP contribution is 2.36. The number of aromatic amines is 1. The molecule has 6 nitrogen and oxygen atoms in total.